The van der Waals surface area contributed by atoms with E-state index in [4.69, 9.17) is 0 Å². The average Bonchev–Trinajstić information content (AvgIpc) is 3.28. The standard InChI is InChI=1S/C24H34N4O3S/c1-17-5-3-6-18(2)27(17)12-4-11-25-23(30)20-9-7-19(8-10-20)13-26-14-22(29)28-16-32-15-21(28)24(26)31/h7-10,17-18,21H,3-6,11-16H2,1-2H3,(H,25,30)/t17-,18+,21-/m0/s1. The number of nitrogens with zero attached hydrogens (tertiary/aromatic N) is 3. The predicted molar refractivity (Wildman–Crippen MR) is 126 cm³/mol. The molecule has 0 bridgehead atoms. The molecule has 3 amide bonds. The predicted octanol–water partition coefficient (Wildman–Crippen LogP) is 2.31. The molecule has 0 radical (unpaired) electrons. The molecular formula is C24H34N4O3S. The molecule has 0 spiro atoms. The first-order valence-corrected chi connectivity index (χ1v) is 12.9. The Hall–Kier alpha value is -2.06. The number of thioether (sulfide) groups is 1. The highest BCUT2D eigenvalue weighted by Gasteiger charge is 2.42. The van der Waals surface area contributed by atoms with Crippen LogP contribution in [0.4, 0.5) is 0 Å². The molecule has 4 rings (SSSR count). The van der Waals surface area contributed by atoms with Gasteiger partial charge in [0.05, 0.1) is 5.88 Å². The van der Waals surface area contributed by atoms with Crippen molar-refractivity contribution in [3.05, 3.63) is 35.4 Å². The number of carbonyl (C=O) groups excluding carboxylic acids is 3. The van der Waals surface area contributed by atoms with Gasteiger partial charge in [-0.2, -0.15) is 0 Å². The molecule has 3 fully saturated rings. The van der Waals surface area contributed by atoms with Crippen LogP contribution in [-0.4, -0.2) is 81.8 Å². The van der Waals surface area contributed by atoms with Crippen molar-refractivity contribution in [1.82, 2.24) is 20.0 Å². The molecule has 32 heavy (non-hydrogen) atoms. The van der Waals surface area contributed by atoms with E-state index >= 15 is 0 Å². The lowest BCUT2D eigenvalue weighted by Crippen LogP contribution is -2.57. The number of amides is 3. The van der Waals surface area contributed by atoms with Crippen molar-refractivity contribution in [2.24, 2.45) is 0 Å². The first-order valence-electron chi connectivity index (χ1n) is 11.7. The highest BCUT2D eigenvalue weighted by atomic mass is 32.2. The third-order valence-electron chi connectivity index (χ3n) is 6.97. The number of nitrogens with one attached hydrogen (secondary N) is 1. The molecule has 1 aromatic rings. The molecule has 1 N–H and O–H groups in total. The Bertz CT molecular complexity index is 836. The van der Waals surface area contributed by atoms with Gasteiger partial charge in [0.2, 0.25) is 11.8 Å². The lowest BCUT2D eigenvalue weighted by Gasteiger charge is -2.39. The number of rotatable bonds is 7. The topological polar surface area (TPSA) is 73.0 Å². The van der Waals surface area contributed by atoms with Crippen LogP contribution in [0.15, 0.2) is 24.3 Å². The van der Waals surface area contributed by atoms with Crippen molar-refractivity contribution in [3.63, 3.8) is 0 Å². The second-order valence-corrected chi connectivity index (χ2v) is 10.2. The Morgan fingerprint density at radius 1 is 1.12 bits per heavy atom. The molecular weight excluding hydrogens is 424 g/mol. The Balaban J connectivity index is 1.24. The van der Waals surface area contributed by atoms with Gasteiger partial charge in [0.1, 0.15) is 12.6 Å². The highest BCUT2D eigenvalue weighted by Crippen LogP contribution is 2.27. The van der Waals surface area contributed by atoms with Gasteiger partial charge >= 0.3 is 0 Å². The second-order valence-electron chi connectivity index (χ2n) is 9.25. The monoisotopic (exact) mass is 458 g/mol. The van der Waals surface area contributed by atoms with Crippen molar-refractivity contribution in [1.29, 1.82) is 0 Å². The highest BCUT2D eigenvalue weighted by molar-refractivity contribution is 7.99. The molecule has 0 aromatic heterocycles. The number of fused-ring (bicyclic) bond motifs is 1. The van der Waals surface area contributed by atoms with Crippen molar-refractivity contribution in [3.8, 4) is 0 Å². The number of piperidine rings is 1. The maximum Gasteiger partial charge on any atom is 0.251 e. The molecule has 3 saturated heterocycles. The van der Waals surface area contributed by atoms with E-state index in [2.05, 4.69) is 24.1 Å². The first kappa shape index (κ1) is 23.1. The van der Waals surface area contributed by atoms with Gasteiger partial charge in [0.25, 0.3) is 5.91 Å². The van der Waals surface area contributed by atoms with Crippen molar-refractivity contribution >= 4 is 29.5 Å². The van der Waals surface area contributed by atoms with Crippen LogP contribution in [0.5, 0.6) is 0 Å². The smallest absolute Gasteiger partial charge is 0.251 e. The zero-order valence-corrected chi connectivity index (χ0v) is 19.9. The second kappa shape index (κ2) is 10.3. The molecule has 3 heterocycles. The molecule has 3 aliphatic rings. The molecule has 7 nitrogen and oxygen atoms in total. The van der Waals surface area contributed by atoms with Crippen LogP contribution in [0.25, 0.3) is 0 Å². The number of hydrogen-bond donors (Lipinski definition) is 1. The van der Waals surface area contributed by atoms with Crippen LogP contribution in [0.2, 0.25) is 0 Å². The summed E-state index contributed by atoms with van der Waals surface area (Å²) in [6.07, 6.45) is 4.78. The number of carbonyl (C=O) groups is 3. The largest absolute Gasteiger partial charge is 0.352 e. The van der Waals surface area contributed by atoms with Gasteiger partial charge in [0.15, 0.2) is 0 Å². The van der Waals surface area contributed by atoms with Crippen LogP contribution in [0.3, 0.4) is 0 Å². The summed E-state index contributed by atoms with van der Waals surface area (Å²) in [6, 6.07) is 8.28. The zero-order valence-electron chi connectivity index (χ0n) is 19.1. The summed E-state index contributed by atoms with van der Waals surface area (Å²) >= 11 is 1.63. The minimum absolute atomic E-state index is 0.0175. The summed E-state index contributed by atoms with van der Waals surface area (Å²) in [5, 5.41) is 3.02. The first-order chi connectivity index (χ1) is 15.4. The maximum absolute atomic E-state index is 12.7. The van der Waals surface area contributed by atoms with Gasteiger partial charge < -0.3 is 15.1 Å². The summed E-state index contributed by atoms with van der Waals surface area (Å²) in [6.45, 7) is 6.80. The Morgan fingerprint density at radius 2 is 1.84 bits per heavy atom. The van der Waals surface area contributed by atoms with Crippen LogP contribution in [0, 0.1) is 0 Å². The number of benzene rings is 1. The van der Waals surface area contributed by atoms with Crippen molar-refractivity contribution in [2.75, 3.05) is 31.3 Å². The van der Waals surface area contributed by atoms with Gasteiger partial charge in [-0.25, -0.2) is 0 Å². The van der Waals surface area contributed by atoms with Crippen LogP contribution < -0.4 is 5.32 Å². The Kier molecular flexibility index (Phi) is 7.40. The fraction of sp³-hybridized carbons (Fsp3) is 0.625. The van der Waals surface area contributed by atoms with Gasteiger partial charge in [-0.1, -0.05) is 18.6 Å². The lowest BCUT2D eigenvalue weighted by molar-refractivity contribution is -0.153. The molecule has 3 atom stereocenters. The molecule has 0 aliphatic carbocycles. The van der Waals surface area contributed by atoms with Crippen molar-refractivity contribution < 1.29 is 14.4 Å². The third kappa shape index (κ3) is 5.12. The average molecular weight is 459 g/mol. The third-order valence-corrected chi connectivity index (χ3v) is 7.98. The summed E-state index contributed by atoms with van der Waals surface area (Å²) in [5.41, 5.74) is 1.54. The fourth-order valence-electron chi connectivity index (χ4n) is 5.03. The maximum atomic E-state index is 12.7. The van der Waals surface area contributed by atoms with E-state index in [1.165, 1.54) is 19.3 Å². The van der Waals surface area contributed by atoms with E-state index in [0.29, 0.717) is 42.4 Å². The van der Waals surface area contributed by atoms with Crippen LogP contribution in [0.1, 0.15) is 55.5 Å². The summed E-state index contributed by atoms with van der Waals surface area (Å²) in [7, 11) is 0. The van der Waals surface area contributed by atoms with E-state index in [0.717, 1.165) is 18.5 Å². The molecule has 0 saturated carbocycles. The van der Waals surface area contributed by atoms with Gasteiger partial charge in [-0.3, -0.25) is 19.3 Å². The Labute approximate surface area is 194 Å². The SMILES string of the molecule is C[C@@H]1CCC[C@H](C)N1CCCNC(=O)c1ccc(CN2CC(=O)N3CSC[C@H]3C2=O)cc1. The lowest BCUT2D eigenvalue weighted by atomic mass is 9.97. The molecule has 0 unspecified atom stereocenters. The molecule has 3 aliphatic heterocycles. The summed E-state index contributed by atoms with van der Waals surface area (Å²) in [5.74, 6) is 1.26. The van der Waals surface area contributed by atoms with E-state index < -0.39 is 0 Å². The van der Waals surface area contributed by atoms with Crippen LogP contribution >= 0.6 is 11.8 Å². The van der Waals surface area contributed by atoms with Crippen LogP contribution in [-0.2, 0) is 16.1 Å². The normalized spacial score (nSPS) is 26.4. The summed E-state index contributed by atoms with van der Waals surface area (Å²) < 4.78 is 0. The van der Waals surface area contributed by atoms with Gasteiger partial charge in [0, 0.05) is 43.0 Å². The van der Waals surface area contributed by atoms with E-state index in [-0.39, 0.29) is 30.3 Å². The van der Waals surface area contributed by atoms with E-state index in [9.17, 15) is 14.4 Å². The molecule has 8 heteroatoms. The quantitative estimate of drug-likeness (QED) is 0.635. The van der Waals surface area contributed by atoms with Crippen molar-refractivity contribution in [2.45, 2.75) is 64.2 Å². The van der Waals surface area contributed by atoms with E-state index in [1.807, 2.05) is 12.1 Å². The van der Waals surface area contributed by atoms with Gasteiger partial charge in [-0.05, 0) is 50.8 Å². The molecule has 1 aromatic carbocycles. The zero-order chi connectivity index (χ0) is 22.7. The number of piperazine rings is 1. The summed E-state index contributed by atoms with van der Waals surface area (Å²) in [4.78, 5) is 43.4. The minimum atomic E-state index is -0.317. The number of likely N-dealkylation sites (tertiary alicyclic amines) is 1. The minimum Gasteiger partial charge on any atom is -0.352 e. The van der Waals surface area contributed by atoms with E-state index in [1.54, 1.807) is 33.7 Å². The molecule has 174 valence electrons. The Morgan fingerprint density at radius 3 is 2.56 bits per heavy atom. The fourth-order valence-corrected chi connectivity index (χ4v) is 6.20. The number of hydrogen-bond acceptors (Lipinski definition) is 5. The van der Waals surface area contributed by atoms with Gasteiger partial charge in [-0.15, -0.1) is 11.8 Å².